The Bertz CT molecular complexity index is 305. The molecule has 4 nitrogen and oxygen atoms in total. The van der Waals surface area contributed by atoms with Crippen LogP contribution in [-0.2, 0) is 4.74 Å². The van der Waals surface area contributed by atoms with E-state index in [1.54, 1.807) is 0 Å². The number of hydrogen-bond acceptors (Lipinski definition) is 3. The van der Waals surface area contributed by atoms with Crippen molar-refractivity contribution in [3.63, 3.8) is 0 Å². The zero-order chi connectivity index (χ0) is 14.4. The molecule has 2 aliphatic rings. The van der Waals surface area contributed by atoms with Gasteiger partial charge in [0.2, 0.25) is 0 Å². The van der Waals surface area contributed by atoms with Crippen molar-refractivity contribution in [1.29, 1.82) is 0 Å². The standard InChI is InChI=1S/C16H30N2O2/c1-3-6-14-9-15(17-10-13-7-5-8-13)12-18(11-14)16(19)20-4-2/h13-15,17H,3-12H2,1-2H3. The Morgan fingerprint density at radius 1 is 1.25 bits per heavy atom. The second-order valence-electron chi connectivity index (χ2n) is 6.40. The van der Waals surface area contributed by atoms with Crippen molar-refractivity contribution in [3.05, 3.63) is 0 Å². The molecule has 116 valence electrons. The predicted molar refractivity (Wildman–Crippen MR) is 80.7 cm³/mol. The molecule has 0 aromatic carbocycles. The van der Waals surface area contributed by atoms with Gasteiger partial charge in [0, 0.05) is 19.1 Å². The highest BCUT2D eigenvalue weighted by Gasteiger charge is 2.30. The van der Waals surface area contributed by atoms with E-state index < -0.39 is 0 Å². The maximum absolute atomic E-state index is 12.0. The lowest BCUT2D eigenvalue weighted by molar-refractivity contribution is 0.0758. The molecule has 2 unspecified atom stereocenters. The van der Waals surface area contributed by atoms with Gasteiger partial charge in [0.25, 0.3) is 0 Å². The first-order valence-corrected chi connectivity index (χ1v) is 8.38. The molecule has 1 saturated carbocycles. The van der Waals surface area contributed by atoms with Crippen molar-refractivity contribution in [1.82, 2.24) is 10.2 Å². The van der Waals surface area contributed by atoms with E-state index in [-0.39, 0.29) is 6.09 Å². The lowest BCUT2D eigenvalue weighted by Crippen LogP contribution is -2.52. The van der Waals surface area contributed by atoms with Gasteiger partial charge in [-0.1, -0.05) is 19.8 Å². The van der Waals surface area contributed by atoms with Gasteiger partial charge in [-0.2, -0.15) is 0 Å². The van der Waals surface area contributed by atoms with Crippen LogP contribution in [0.5, 0.6) is 0 Å². The summed E-state index contributed by atoms with van der Waals surface area (Å²) in [6.07, 6.45) is 7.61. The first-order valence-electron chi connectivity index (χ1n) is 8.38. The number of nitrogens with one attached hydrogen (secondary N) is 1. The number of hydrogen-bond donors (Lipinski definition) is 1. The minimum absolute atomic E-state index is 0.135. The molecule has 0 aromatic heterocycles. The SMILES string of the molecule is CCCC1CC(NCC2CCC2)CN(C(=O)OCC)C1. The summed E-state index contributed by atoms with van der Waals surface area (Å²) in [5.74, 6) is 1.50. The van der Waals surface area contributed by atoms with Crippen LogP contribution in [0.1, 0.15) is 52.4 Å². The molecule has 0 spiro atoms. The maximum atomic E-state index is 12.0. The Morgan fingerprint density at radius 2 is 2.05 bits per heavy atom. The molecule has 0 radical (unpaired) electrons. The summed E-state index contributed by atoms with van der Waals surface area (Å²) in [5, 5.41) is 3.69. The van der Waals surface area contributed by atoms with Gasteiger partial charge < -0.3 is 15.0 Å². The topological polar surface area (TPSA) is 41.6 Å². The fourth-order valence-corrected chi connectivity index (χ4v) is 3.36. The molecule has 1 amide bonds. The molecule has 2 rings (SSSR count). The largest absolute Gasteiger partial charge is 0.450 e. The molecule has 1 N–H and O–H groups in total. The highest BCUT2D eigenvalue weighted by Crippen LogP contribution is 2.27. The molecule has 2 atom stereocenters. The van der Waals surface area contributed by atoms with Crippen molar-refractivity contribution in [3.8, 4) is 0 Å². The van der Waals surface area contributed by atoms with Crippen molar-refractivity contribution < 1.29 is 9.53 Å². The van der Waals surface area contributed by atoms with Crippen LogP contribution in [0.2, 0.25) is 0 Å². The summed E-state index contributed by atoms with van der Waals surface area (Å²) >= 11 is 0. The number of carbonyl (C=O) groups excluding carboxylic acids is 1. The van der Waals surface area contributed by atoms with Gasteiger partial charge in [-0.25, -0.2) is 4.79 Å². The first kappa shape index (κ1) is 15.6. The Kier molecular flexibility index (Phi) is 6.14. The fraction of sp³-hybridized carbons (Fsp3) is 0.938. The quantitative estimate of drug-likeness (QED) is 0.814. The summed E-state index contributed by atoms with van der Waals surface area (Å²) in [6.45, 7) is 7.37. The van der Waals surface area contributed by atoms with Crippen LogP contribution in [0.3, 0.4) is 0 Å². The zero-order valence-corrected chi connectivity index (χ0v) is 13.1. The highest BCUT2D eigenvalue weighted by atomic mass is 16.6. The van der Waals surface area contributed by atoms with Crippen molar-refractivity contribution >= 4 is 6.09 Å². The van der Waals surface area contributed by atoms with E-state index in [9.17, 15) is 4.79 Å². The van der Waals surface area contributed by atoms with Crippen LogP contribution in [0, 0.1) is 11.8 Å². The highest BCUT2D eigenvalue weighted by molar-refractivity contribution is 5.67. The summed E-state index contributed by atoms with van der Waals surface area (Å²) in [6, 6.07) is 0.449. The van der Waals surface area contributed by atoms with E-state index in [4.69, 9.17) is 4.74 Å². The third-order valence-electron chi connectivity index (χ3n) is 4.68. The monoisotopic (exact) mass is 282 g/mol. The molecule has 1 aliphatic heterocycles. The van der Waals surface area contributed by atoms with Gasteiger partial charge in [0.15, 0.2) is 0 Å². The minimum atomic E-state index is -0.135. The van der Waals surface area contributed by atoms with Crippen molar-refractivity contribution in [2.75, 3.05) is 26.2 Å². The van der Waals surface area contributed by atoms with E-state index in [0.717, 1.165) is 25.6 Å². The third-order valence-corrected chi connectivity index (χ3v) is 4.68. The zero-order valence-electron chi connectivity index (χ0n) is 13.1. The Hall–Kier alpha value is -0.770. The van der Waals surface area contributed by atoms with E-state index in [0.29, 0.717) is 18.6 Å². The first-order chi connectivity index (χ1) is 9.72. The Balaban J connectivity index is 1.83. The molecule has 4 heteroatoms. The summed E-state index contributed by atoms with van der Waals surface area (Å²) in [4.78, 5) is 13.9. The number of piperidine rings is 1. The molecule has 1 heterocycles. The molecule has 0 bridgehead atoms. The number of amides is 1. The normalized spacial score (nSPS) is 27.2. The van der Waals surface area contributed by atoms with Gasteiger partial charge >= 0.3 is 6.09 Å². The second-order valence-corrected chi connectivity index (χ2v) is 6.40. The predicted octanol–water partition coefficient (Wildman–Crippen LogP) is 3.02. The Morgan fingerprint density at radius 3 is 2.65 bits per heavy atom. The molecule has 20 heavy (non-hydrogen) atoms. The minimum Gasteiger partial charge on any atom is -0.450 e. The molecular formula is C16H30N2O2. The van der Waals surface area contributed by atoms with Crippen LogP contribution in [0.15, 0.2) is 0 Å². The summed E-state index contributed by atoms with van der Waals surface area (Å²) in [7, 11) is 0. The van der Waals surface area contributed by atoms with Crippen LogP contribution < -0.4 is 5.32 Å². The smallest absolute Gasteiger partial charge is 0.409 e. The van der Waals surface area contributed by atoms with Crippen LogP contribution in [-0.4, -0.2) is 43.3 Å². The number of likely N-dealkylation sites (tertiary alicyclic amines) is 1. The molecule has 1 saturated heterocycles. The maximum Gasteiger partial charge on any atom is 0.409 e. The number of carbonyl (C=O) groups is 1. The van der Waals surface area contributed by atoms with E-state index in [1.807, 2.05) is 11.8 Å². The van der Waals surface area contributed by atoms with Crippen LogP contribution in [0.25, 0.3) is 0 Å². The lowest BCUT2D eigenvalue weighted by atomic mass is 9.84. The molecule has 0 aromatic rings. The average molecular weight is 282 g/mol. The van der Waals surface area contributed by atoms with Gasteiger partial charge in [-0.15, -0.1) is 0 Å². The lowest BCUT2D eigenvalue weighted by Gasteiger charge is -2.38. The van der Waals surface area contributed by atoms with Gasteiger partial charge in [0.1, 0.15) is 0 Å². The molecule has 2 fully saturated rings. The summed E-state index contributed by atoms with van der Waals surface area (Å²) in [5.41, 5.74) is 0. The van der Waals surface area contributed by atoms with E-state index in [1.165, 1.54) is 38.5 Å². The van der Waals surface area contributed by atoms with Crippen LogP contribution in [0.4, 0.5) is 4.79 Å². The average Bonchev–Trinajstić information content (AvgIpc) is 2.37. The van der Waals surface area contributed by atoms with E-state index >= 15 is 0 Å². The summed E-state index contributed by atoms with van der Waals surface area (Å²) < 4.78 is 5.17. The number of nitrogens with zero attached hydrogens (tertiary/aromatic N) is 1. The molecular weight excluding hydrogens is 252 g/mol. The van der Waals surface area contributed by atoms with Crippen molar-refractivity contribution in [2.45, 2.75) is 58.4 Å². The van der Waals surface area contributed by atoms with Gasteiger partial charge in [0.05, 0.1) is 6.61 Å². The van der Waals surface area contributed by atoms with E-state index in [2.05, 4.69) is 12.2 Å². The molecule has 1 aliphatic carbocycles. The fourth-order valence-electron chi connectivity index (χ4n) is 3.36. The number of rotatable bonds is 6. The van der Waals surface area contributed by atoms with Gasteiger partial charge in [-0.3, -0.25) is 0 Å². The van der Waals surface area contributed by atoms with Gasteiger partial charge in [-0.05, 0) is 51.0 Å². The second kappa shape index (κ2) is 7.87. The van der Waals surface area contributed by atoms with Crippen LogP contribution >= 0.6 is 0 Å². The third kappa shape index (κ3) is 4.37. The number of ether oxygens (including phenoxy) is 1. The Labute approximate surface area is 123 Å². The van der Waals surface area contributed by atoms with Crippen molar-refractivity contribution in [2.24, 2.45) is 11.8 Å².